The van der Waals surface area contributed by atoms with Gasteiger partial charge in [0.2, 0.25) is 11.2 Å². The SMILES string of the molecule is Cc1ccc(-c2oc3ccc(Cl)cc3c(=O)c2OCC(=O)Nc2ccc(F)cc2)cc1. The van der Waals surface area contributed by atoms with Crippen LogP contribution in [0.3, 0.4) is 0 Å². The van der Waals surface area contributed by atoms with Gasteiger partial charge in [-0.05, 0) is 49.4 Å². The molecular formula is C24H17ClFNO4. The van der Waals surface area contributed by atoms with Crippen molar-refractivity contribution in [3.05, 3.63) is 93.4 Å². The van der Waals surface area contributed by atoms with Crippen LogP contribution >= 0.6 is 11.6 Å². The van der Waals surface area contributed by atoms with Crippen LogP contribution in [-0.4, -0.2) is 12.5 Å². The monoisotopic (exact) mass is 437 g/mol. The molecule has 0 aliphatic rings. The quantitative estimate of drug-likeness (QED) is 0.442. The minimum Gasteiger partial charge on any atom is -0.476 e. The Hall–Kier alpha value is -3.64. The van der Waals surface area contributed by atoms with Crippen LogP contribution < -0.4 is 15.5 Å². The van der Waals surface area contributed by atoms with Gasteiger partial charge in [-0.25, -0.2) is 4.39 Å². The van der Waals surface area contributed by atoms with E-state index < -0.39 is 23.8 Å². The van der Waals surface area contributed by atoms with E-state index in [0.29, 0.717) is 21.9 Å². The molecular weight excluding hydrogens is 421 g/mol. The number of ether oxygens (including phenoxy) is 1. The second kappa shape index (κ2) is 8.62. The normalized spacial score (nSPS) is 10.8. The number of rotatable bonds is 5. The maximum atomic E-state index is 13.1. The molecule has 4 aromatic rings. The predicted molar refractivity (Wildman–Crippen MR) is 118 cm³/mol. The molecule has 0 unspecified atom stereocenters. The third kappa shape index (κ3) is 4.59. The number of aryl methyl sites for hydroxylation is 1. The molecule has 1 amide bonds. The lowest BCUT2D eigenvalue weighted by Crippen LogP contribution is -2.22. The fourth-order valence-corrected chi connectivity index (χ4v) is 3.22. The Morgan fingerprint density at radius 3 is 2.48 bits per heavy atom. The Bertz CT molecular complexity index is 1310. The summed E-state index contributed by atoms with van der Waals surface area (Å²) in [6, 6.07) is 17.4. The molecule has 0 aliphatic heterocycles. The van der Waals surface area contributed by atoms with Gasteiger partial charge >= 0.3 is 0 Å². The van der Waals surface area contributed by atoms with Crippen LogP contribution in [-0.2, 0) is 4.79 Å². The molecule has 0 radical (unpaired) electrons. The average Bonchev–Trinajstić information content (AvgIpc) is 2.75. The number of carbonyl (C=O) groups excluding carboxylic acids is 1. The molecule has 3 aromatic carbocycles. The van der Waals surface area contributed by atoms with Gasteiger partial charge in [-0.2, -0.15) is 0 Å². The molecule has 0 saturated heterocycles. The standard InChI is InChI=1S/C24H17ClFNO4/c1-14-2-4-15(5-3-14)23-24(22(29)19-12-16(25)6-11-20(19)31-23)30-13-21(28)27-18-9-7-17(26)8-10-18/h2-12H,13H2,1H3,(H,27,28). The van der Waals surface area contributed by atoms with Crippen LogP contribution in [0.25, 0.3) is 22.3 Å². The van der Waals surface area contributed by atoms with Gasteiger partial charge in [0.1, 0.15) is 11.4 Å². The van der Waals surface area contributed by atoms with Crippen molar-refractivity contribution in [2.75, 3.05) is 11.9 Å². The van der Waals surface area contributed by atoms with Crippen LogP contribution in [0.1, 0.15) is 5.56 Å². The average molecular weight is 438 g/mol. The number of anilines is 1. The van der Waals surface area contributed by atoms with E-state index in [1.54, 1.807) is 24.3 Å². The van der Waals surface area contributed by atoms with Crippen LogP contribution in [0.15, 0.2) is 75.9 Å². The second-order valence-electron chi connectivity index (χ2n) is 6.94. The highest BCUT2D eigenvalue weighted by Gasteiger charge is 2.19. The first-order chi connectivity index (χ1) is 14.9. The zero-order valence-electron chi connectivity index (χ0n) is 16.4. The largest absolute Gasteiger partial charge is 0.476 e. The Labute approximate surface area is 182 Å². The Kier molecular flexibility index (Phi) is 5.73. The van der Waals surface area contributed by atoms with Gasteiger partial charge in [-0.15, -0.1) is 0 Å². The molecule has 0 fully saturated rings. The Balaban J connectivity index is 1.69. The van der Waals surface area contributed by atoms with E-state index in [0.717, 1.165) is 5.56 Å². The van der Waals surface area contributed by atoms with Gasteiger partial charge < -0.3 is 14.5 Å². The smallest absolute Gasteiger partial charge is 0.262 e. The van der Waals surface area contributed by atoms with Gasteiger partial charge in [-0.3, -0.25) is 9.59 Å². The lowest BCUT2D eigenvalue weighted by Gasteiger charge is -2.12. The van der Waals surface area contributed by atoms with Crippen molar-refractivity contribution < 1.29 is 18.3 Å². The summed E-state index contributed by atoms with van der Waals surface area (Å²) in [4.78, 5) is 25.4. The van der Waals surface area contributed by atoms with Crippen molar-refractivity contribution in [2.45, 2.75) is 6.92 Å². The first-order valence-electron chi connectivity index (χ1n) is 9.42. The third-order valence-corrected chi connectivity index (χ3v) is 4.84. The van der Waals surface area contributed by atoms with Gasteiger partial charge in [0.15, 0.2) is 12.4 Å². The molecule has 1 aromatic heterocycles. The number of nitrogens with one attached hydrogen (secondary N) is 1. The predicted octanol–water partition coefficient (Wildman–Crippen LogP) is 5.58. The highest BCUT2D eigenvalue weighted by molar-refractivity contribution is 6.31. The highest BCUT2D eigenvalue weighted by Crippen LogP contribution is 2.32. The molecule has 4 rings (SSSR count). The van der Waals surface area contributed by atoms with E-state index in [9.17, 15) is 14.0 Å². The summed E-state index contributed by atoms with van der Waals surface area (Å²) in [6.07, 6.45) is 0. The van der Waals surface area contributed by atoms with Crippen molar-refractivity contribution in [3.63, 3.8) is 0 Å². The van der Waals surface area contributed by atoms with Gasteiger partial charge in [0.05, 0.1) is 5.39 Å². The molecule has 7 heteroatoms. The maximum absolute atomic E-state index is 13.1. The fraction of sp³-hybridized carbons (Fsp3) is 0.0833. The minimum absolute atomic E-state index is 0.0899. The molecule has 156 valence electrons. The molecule has 1 N–H and O–H groups in total. The molecule has 0 atom stereocenters. The zero-order valence-corrected chi connectivity index (χ0v) is 17.2. The van der Waals surface area contributed by atoms with E-state index in [-0.39, 0.29) is 16.9 Å². The van der Waals surface area contributed by atoms with Gasteiger partial charge in [0, 0.05) is 16.3 Å². The number of halogens is 2. The van der Waals surface area contributed by atoms with E-state index in [1.165, 1.54) is 30.3 Å². The highest BCUT2D eigenvalue weighted by atomic mass is 35.5. The molecule has 0 saturated carbocycles. The minimum atomic E-state index is -0.507. The number of fused-ring (bicyclic) bond motifs is 1. The summed E-state index contributed by atoms with van der Waals surface area (Å²) in [6.45, 7) is 1.51. The third-order valence-electron chi connectivity index (χ3n) is 4.60. The molecule has 31 heavy (non-hydrogen) atoms. The topological polar surface area (TPSA) is 68.5 Å². The number of hydrogen-bond acceptors (Lipinski definition) is 4. The molecule has 5 nitrogen and oxygen atoms in total. The molecule has 0 spiro atoms. The molecule has 1 heterocycles. The van der Waals surface area contributed by atoms with E-state index in [2.05, 4.69) is 5.32 Å². The van der Waals surface area contributed by atoms with Crippen molar-refractivity contribution in [1.82, 2.24) is 0 Å². The van der Waals surface area contributed by atoms with Crippen LogP contribution in [0, 0.1) is 12.7 Å². The number of benzene rings is 3. The van der Waals surface area contributed by atoms with Gasteiger partial charge in [-0.1, -0.05) is 41.4 Å². The van der Waals surface area contributed by atoms with Gasteiger partial charge in [0.25, 0.3) is 5.91 Å². The van der Waals surface area contributed by atoms with E-state index in [4.69, 9.17) is 20.8 Å². The van der Waals surface area contributed by atoms with E-state index >= 15 is 0 Å². The molecule has 0 aliphatic carbocycles. The summed E-state index contributed by atoms with van der Waals surface area (Å²) in [5.41, 5.74) is 2.00. The summed E-state index contributed by atoms with van der Waals surface area (Å²) in [7, 11) is 0. The number of hydrogen-bond donors (Lipinski definition) is 1. The number of carbonyl (C=O) groups is 1. The maximum Gasteiger partial charge on any atom is 0.262 e. The Morgan fingerprint density at radius 1 is 1.06 bits per heavy atom. The summed E-state index contributed by atoms with van der Waals surface area (Å²) >= 11 is 6.03. The van der Waals surface area contributed by atoms with Crippen molar-refractivity contribution in [1.29, 1.82) is 0 Å². The van der Waals surface area contributed by atoms with E-state index in [1.807, 2.05) is 19.1 Å². The van der Waals surface area contributed by atoms with Crippen LogP contribution in [0.5, 0.6) is 5.75 Å². The van der Waals surface area contributed by atoms with Crippen molar-refractivity contribution >= 4 is 34.2 Å². The molecule has 0 bridgehead atoms. The summed E-state index contributed by atoms with van der Waals surface area (Å²) in [5, 5.41) is 3.21. The second-order valence-corrected chi connectivity index (χ2v) is 7.38. The summed E-state index contributed by atoms with van der Waals surface area (Å²) in [5.74, 6) is -0.793. The van der Waals surface area contributed by atoms with Crippen molar-refractivity contribution in [2.24, 2.45) is 0 Å². The van der Waals surface area contributed by atoms with Crippen LogP contribution in [0.4, 0.5) is 10.1 Å². The van der Waals surface area contributed by atoms with Crippen molar-refractivity contribution in [3.8, 4) is 17.1 Å². The lowest BCUT2D eigenvalue weighted by atomic mass is 10.1. The first kappa shape index (κ1) is 20.6. The Morgan fingerprint density at radius 2 is 1.77 bits per heavy atom. The fourth-order valence-electron chi connectivity index (χ4n) is 3.04. The summed E-state index contributed by atoms with van der Waals surface area (Å²) < 4.78 is 24.6. The number of amides is 1. The lowest BCUT2D eigenvalue weighted by molar-refractivity contribution is -0.118. The van der Waals surface area contributed by atoms with Crippen LogP contribution in [0.2, 0.25) is 5.02 Å². The zero-order chi connectivity index (χ0) is 22.0. The first-order valence-corrected chi connectivity index (χ1v) is 9.80.